The van der Waals surface area contributed by atoms with E-state index in [0.29, 0.717) is 6.54 Å². The Morgan fingerprint density at radius 2 is 2.00 bits per heavy atom. The lowest BCUT2D eigenvalue weighted by Gasteiger charge is -1.98. The monoisotopic (exact) mass is 171 g/mol. The number of hydrogen-bond donors (Lipinski definition) is 2. The number of rotatable bonds is 3. The van der Waals surface area contributed by atoms with Gasteiger partial charge in [0.1, 0.15) is 0 Å². The van der Waals surface area contributed by atoms with E-state index in [1.165, 1.54) is 0 Å². The predicted octanol–water partition coefficient (Wildman–Crippen LogP) is 0.913. The molecule has 0 spiro atoms. The van der Waals surface area contributed by atoms with E-state index in [0.717, 1.165) is 5.56 Å². The third-order valence-electron chi connectivity index (χ3n) is 1.24. The van der Waals surface area contributed by atoms with Crippen LogP contribution in [0.15, 0.2) is 30.3 Å². The maximum atomic E-state index is 10.2. The van der Waals surface area contributed by atoms with E-state index in [4.69, 9.17) is 4.55 Å². The van der Waals surface area contributed by atoms with Crippen molar-refractivity contribution in [3.8, 4) is 0 Å². The molecule has 1 rings (SSSR count). The average molecular weight is 171 g/mol. The minimum Gasteiger partial charge on any atom is -0.294 e. The van der Waals surface area contributed by atoms with Gasteiger partial charge >= 0.3 is 0 Å². The molecule has 2 N–H and O–H groups in total. The van der Waals surface area contributed by atoms with E-state index in [2.05, 4.69) is 4.72 Å². The first-order chi connectivity index (χ1) is 5.29. The van der Waals surface area contributed by atoms with Crippen LogP contribution in [0.1, 0.15) is 5.56 Å². The molecule has 0 aliphatic carbocycles. The molecule has 0 saturated carbocycles. The van der Waals surface area contributed by atoms with Crippen molar-refractivity contribution in [2.75, 3.05) is 0 Å². The molecule has 60 valence electrons. The third-order valence-corrected chi connectivity index (χ3v) is 1.63. The van der Waals surface area contributed by atoms with Crippen LogP contribution in [0.4, 0.5) is 0 Å². The minimum absolute atomic E-state index is 0.421. The molecule has 1 aromatic carbocycles. The Morgan fingerprint density at radius 3 is 2.55 bits per heavy atom. The van der Waals surface area contributed by atoms with Crippen LogP contribution in [0.25, 0.3) is 0 Å². The second-order valence-corrected chi connectivity index (χ2v) is 2.84. The summed E-state index contributed by atoms with van der Waals surface area (Å²) in [5.74, 6) is 0. The molecule has 0 aliphatic heterocycles. The smallest absolute Gasteiger partial charge is 0.232 e. The van der Waals surface area contributed by atoms with Gasteiger partial charge in [0.25, 0.3) is 0 Å². The second kappa shape index (κ2) is 4.23. The zero-order valence-corrected chi connectivity index (χ0v) is 6.67. The summed E-state index contributed by atoms with van der Waals surface area (Å²) in [4.78, 5) is 0. The quantitative estimate of drug-likeness (QED) is 0.664. The van der Waals surface area contributed by atoms with E-state index in [1.807, 2.05) is 30.3 Å². The number of benzene rings is 1. The Bertz CT molecular complexity index is 237. The normalized spacial score (nSPS) is 12.8. The van der Waals surface area contributed by atoms with Crippen LogP contribution in [-0.2, 0) is 17.8 Å². The maximum Gasteiger partial charge on any atom is 0.232 e. The van der Waals surface area contributed by atoms with Crippen LogP contribution in [0.2, 0.25) is 0 Å². The summed E-state index contributed by atoms with van der Waals surface area (Å²) >= 11 is -1.92. The summed E-state index contributed by atoms with van der Waals surface area (Å²) in [5.41, 5.74) is 0.995. The van der Waals surface area contributed by atoms with Gasteiger partial charge in [0.15, 0.2) is 0 Å². The highest BCUT2D eigenvalue weighted by molar-refractivity contribution is 7.77. The van der Waals surface area contributed by atoms with E-state index in [9.17, 15) is 4.21 Å². The van der Waals surface area contributed by atoms with Crippen LogP contribution in [0.5, 0.6) is 0 Å². The molecule has 0 saturated heterocycles. The summed E-state index contributed by atoms with van der Waals surface area (Å²) in [7, 11) is 0. The average Bonchev–Trinajstić information content (AvgIpc) is 2.03. The highest BCUT2D eigenvalue weighted by Crippen LogP contribution is 1.96. The fourth-order valence-electron chi connectivity index (χ4n) is 0.741. The van der Waals surface area contributed by atoms with Gasteiger partial charge in [0.05, 0.1) is 0 Å². The van der Waals surface area contributed by atoms with Gasteiger partial charge in [-0.1, -0.05) is 30.3 Å². The molecular formula is C7H9NO2S. The third kappa shape index (κ3) is 3.27. The Hall–Kier alpha value is -0.710. The van der Waals surface area contributed by atoms with Gasteiger partial charge in [-0.05, 0) is 5.56 Å². The van der Waals surface area contributed by atoms with Crippen molar-refractivity contribution < 1.29 is 8.76 Å². The van der Waals surface area contributed by atoms with E-state index in [1.54, 1.807) is 0 Å². The zero-order chi connectivity index (χ0) is 8.10. The van der Waals surface area contributed by atoms with Gasteiger partial charge in [-0.3, -0.25) is 4.55 Å². The summed E-state index contributed by atoms with van der Waals surface area (Å²) in [6.45, 7) is 0.421. The van der Waals surface area contributed by atoms with Crippen LogP contribution < -0.4 is 4.72 Å². The Morgan fingerprint density at radius 1 is 1.36 bits per heavy atom. The van der Waals surface area contributed by atoms with Crippen molar-refractivity contribution in [3.63, 3.8) is 0 Å². The van der Waals surface area contributed by atoms with Gasteiger partial charge in [-0.25, -0.2) is 8.93 Å². The first-order valence-corrected chi connectivity index (χ1v) is 4.28. The number of nitrogens with one attached hydrogen (secondary N) is 1. The van der Waals surface area contributed by atoms with Crippen LogP contribution in [0, 0.1) is 0 Å². The highest BCUT2D eigenvalue weighted by Gasteiger charge is 1.92. The largest absolute Gasteiger partial charge is 0.294 e. The molecule has 0 heterocycles. The molecule has 0 fully saturated rings. The molecule has 11 heavy (non-hydrogen) atoms. The molecular weight excluding hydrogens is 162 g/mol. The highest BCUT2D eigenvalue weighted by atomic mass is 32.2. The molecule has 3 nitrogen and oxygen atoms in total. The molecule has 0 bridgehead atoms. The Balaban J connectivity index is 2.45. The van der Waals surface area contributed by atoms with E-state index >= 15 is 0 Å². The van der Waals surface area contributed by atoms with Crippen LogP contribution in [-0.4, -0.2) is 8.76 Å². The summed E-state index contributed by atoms with van der Waals surface area (Å²) < 4.78 is 20.9. The molecule has 0 radical (unpaired) electrons. The van der Waals surface area contributed by atoms with E-state index in [-0.39, 0.29) is 0 Å². The summed E-state index contributed by atoms with van der Waals surface area (Å²) in [5, 5.41) is 0. The molecule has 0 aliphatic rings. The first-order valence-electron chi connectivity index (χ1n) is 3.17. The molecule has 4 heteroatoms. The lowest BCUT2D eigenvalue weighted by Crippen LogP contribution is -2.14. The van der Waals surface area contributed by atoms with Gasteiger partial charge < -0.3 is 0 Å². The lowest BCUT2D eigenvalue weighted by molar-refractivity contribution is 0.548. The van der Waals surface area contributed by atoms with Crippen LogP contribution >= 0.6 is 0 Å². The zero-order valence-electron chi connectivity index (χ0n) is 5.86. The molecule has 1 aromatic rings. The van der Waals surface area contributed by atoms with Gasteiger partial charge in [-0.15, -0.1) is 0 Å². The Kier molecular flexibility index (Phi) is 3.22. The summed E-state index contributed by atoms with van der Waals surface area (Å²) in [6.07, 6.45) is 0. The minimum atomic E-state index is -1.92. The second-order valence-electron chi connectivity index (χ2n) is 2.06. The first kappa shape index (κ1) is 8.39. The number of hydrogen-bond acceptors (Lipinski definition) is 1. The van der Waals surface area contributed by atoms with Crippen molar-refractivity contribution in [2.45, 2.75) is 6.54 Å². The van der Waals surface area contributed by atoms with Crippen molar-refractivity contribution in [3.05, 3.63) is 35.9 Å². The predicted molar refractivity (Wildman–Crippen MR) is 44.1 cm³/mol. The van der Waals surface area contributed by atoms with Crippen molar-refractivity contribution in [2.24, 2.45) is 0 Å². The van der Waals surface area contributed by atoms with Gasteiger partial charge in [0, 0.05) is 6.54 Å². The molecule has 1 unspecified atom stereocenters. The molecule has 0 amide bonds. The maximum absolute atomic E-state index is 10.2. The molecule has 1 atom stereocenters. The van der Waals surface area contributed by atoms with Crippen molar-refractivity contribution in [1.29, 1.82) is 0 Å². The lowest BCUT2D eigenvalue weighted by atomic mass is 10.2. The Labute approximate surface area is 67.9 Å². The summed E-state index contributed by atoms with van der Waals surface area (Å²) in [6, 6.07) is 9.45. The van der Waals surface area contributed by atoms with E-state index < -0.39 is 11.3 Å². The standard InChI is InChI=1S/C7H9NO2S/c9-11(10)8-6-7-4-2-1-3-5-7/h1-5,8H,6H2,(H,9,10). The van der Waals surface area contributed by atoms with Crippen molar-refractivity contribution in [1.82, 2.24) is 4.72 Å². The van der Waals surface area contributed by atoms with Crippen LogP contribution in [0.3, 0.4) is 0 Å². The SMILES string of the molecule is O=S(O)NCc1ccccc1. The van der Waals surface area contributed by atoms with Gasteiger partial charge in [0.2, 0.25) is 11.3 Å². The molecule has 0 aromatic heterocycles. The fourth-order valence-corrected chi connectivity index (χ4v) is 1.03. The van der Waals surface area contributed by atoms with Gasteiger partial charge in [-0.2, -0.15) is 0 Å². The fraction of sp³-hybridized carbons (Fsp3) is 0.143. The van der Waals surface area contributed by atoms with Crippen molar-refractivity contribution >= 4 is 11.3 Å². The topological polar surface area (TPSA) is 49.3 Å².